The summed E-state index contributed by atoms with van der Waals surface area (Å²) in [6.45, 7) is 0. The largest absolute Gasteiger partial charge is 0.457 e. The van der Waals surface area contributed by atoms with Crippen molar-refractivity contribution in [3.05, 3.63) is 457 Å². The molecule has 0 aliphatic carbocycles. The van der Waals surface area contributed by atoms with Crippen LogP contribution in [0.2, 0.25) is 0 Å². The number of rotatable bonds is 13. The second kappa shape index (κ2) is 28.1. The van der Waals surface area contributed by atoms with Gasteiger partial charge in [-0.3, -0.25) is 0 Å². The lowest BCUT2D eigenvalue weighted by Crippen LogP contribution is -2.34. The van der Waals surface area contributed by atoms with Crippen molar-refractivity contribution in [2.75, 3.05) is 0 Å². The molecule has 17 aromatic rings. The van der Waals surface area contributed by atoms with E-state index in [-0.39, 0.29) is 0 Å². The highest BCUT2D eigenvalue weighted by molar-refractivity contribution is 5.85. The quantitative estimate of drug-likeness (QED) is 0.115. The molecule has 106 heavy (non-hydrogen) atoms. The number of para-hydroxylation sites is 4. The summed E-state index contributed by atoms with van der Waals surface area (Å²) in [7, 11) is 0. The van der Waals surface area contributed by atoms with E-state index >= 15 is 0 Å². The van der Waals surface area contributed by atoms with Gasteiger partial charge in [0.05, 0.1) is 33.6 Å². The molecule has 0 unspecified atom stereocenters. The lowest BCUT2D eigenvalue weighted by atomic mass is 9.62. The third-order valence-corrected chi connectivity index (χ3v) is 20.5. The Kier molecular flexibility index (Phi) is 17.0. The van der Waals surface area contributed by atoms with Crippen LogP contribution in [0.15, 0.2) is 413 Å². The van der Waals surface area contributed by atoms with Gasteiger partial charge < -0.3 is 9.47 Å². The zero-order chi connectivity index (χ0) is 70.6. The molecule has 0 fully saturated rings. The summed E-state index contributed by atoms with van der Waals surface area (Å²) in [6.07, 6.45) is 0. The Morgan fingerprint density at radius 2 is 0.415 bits per heavy atom. The van der Waals surface area contributed by atoms with Crippen LogP contribution < -0.4 is 9.47 Å². The van der Waals surface area contributed by atoms with Crippen molar-refractivity contribution in [3.63, 3.8) is 0 Å². The van der Waals surface area contributed by atoms with E-state index in [1.807, 2.05) is 72.8 Å². The topological polar surface area (TPSA) is 70.0 Å². The third-order valence-electron chi connectivity index (χ3n) is 20.5. The van der Waals surface area contributed by atoms with Gasteiger partial charge in [0.15, 0.2) is 11.6 Å². The number of ether oxygens (including phenoxy) is 2. The summed E-state index contributed by atoms with van der Waals surface area (Å²) in [5, 5.41) is 0. The summed E-state index contributed by atoms with van der Waals surface area (Å²) >= 11 is 0. The van der Waals surface area contributed by atoms with Crippen LogP contribution in [-0.2, 0) is 10.8 Å². The van der Waals surface area contributed by atoms with Crippen LogP contribution in [-0.4, -0.2) is 19.9 Å². The van der Waals surface area contributed by atoms with Gasteiger partial charge in [-0.1, -0.05) is 364 Å². The van der Waals surface area contributed by atoms with E-state index in [1.165, 1.54) is 33.4 Å². The van der Waals surface area contributed by atoms with Crippen molar-refractivity contribution in [1.82, 2.24) is 19.9 Å². The monoisotopic (exact) mass is 1360 g/mol. The standard InChI is InChI=1S/C53H36N2O.C47H32N2O/c1-4-17-37(18-5-1)38-31-33-39(34-32-38)48-36-49(55-52(54-48)40-19-6-2-7-20-40)42-22-16-21-41(35-42)44-25-10-11-26-45(44)53(43-23-8-3-9-24-43)46-27-12-14-29-50(46)56-51-30-15-13-28-47(51)53;1-4-17-33(18-5-1)42-32-43(49-46(48-42)34-19-6-2-7-20-34)36-22-16-21-35(31-36)38-25-10-11-26-39(38)47(37-23-8-3-9-24-37)40-27-12-14-29-44(40)50-45-30-15-13-28-41(45)47/h1-36H;1-32H. The number of aromatic nitrogens is 4. The minimum absolute atomic E-state index is 0.630. The molecule has 500 valence electrons. The molecule has 0 atom stereocenters. The summed E-state index contributed by atoms with van der Waals surface area (Å²) in [5.41, 5.74) is 24.3. The molecule has 15 aromatic carbocycles. The molecule has 6 nitrogen and oxygen atoms in total. The Morgan fingerprint density at radius 1 is 0.170 bits per heavy atom. The van der Waals surface area contributed by atoms with E-state index in [4.69, 9.17) is 29.4 Å². The van der Waals surface area contributed by atoms with E-state index in [1.54, 1.807) is 0 Å². The summed E-state index contributed by atoms with van der Waals surface area (Å²) in [4.78, 5) is 20.5. The molecule has 0 bridgehead atoms. The minimum atomic E-state index is -0.645. The Hall–Kier alpha value is -13.9. The van der Waals surface area contributed by atoms with E-state index in [9.17, 15) is 0 Å². The minimum Gasteiger partial charge on any atom is -0.457 e. The van der Waals surface area contributed by atoms with Gasteiger partial charge in [-0.05, 0) is 104 Å². The van der Waals surface area contributed by atoms with Gasteiger partial charge in [0.2, 0.25) is 0 Å². The molecule has 0 amide bonds. The van der Waals surface area contributed by atoms with Crippen LogP contribution in [0, 0.1) is 0 Å². The number of hydrogen-bond donors (Lipinski definition) is 0. The maximum atomic E-state index is 6.61. The molecule has 2 aliphatic heterocycles. The number of benzene rings is 15. The summed E-state index contributed by atoms with van der Waals surface area (Å²) in [6, 6.07) is 145. The van der Waals surface area contributed by atoms with Crippen LogP contribution in [0.25, 0.3) is 101 Å². The fourth-order valence-electron chi connectivity index (χ4n) is 15.7. The molecular weight excluding hydrogens is 1290 g/mol. The van der Waals surface area contributed by atoms with Crippen LogP contribution >= 0.6 is 0 Å². The second-order valence-electron chi connectivity index (χ2n) is 26.6. The lowest BCUT2D eigenvalue weighted by molar-refractivity contribution is 0.434. The van der Waals surface area contributed by atoms with Gasteiger partial charge in [0.25, 0.3) is 0 Å². The van der Waals surface area contributed by atoms with Gasteiger partial charge in [-0.2, -0.15) is 0 Å². The average Bonchev–Trinajstić information content (AvgIpc) is 0.708. The SMILES string of the molecule is c1ccc(-c2cc(-c3cccc(-c4ccccc4C4(c5ccccc5)c5ccccc5Oc5ccccc54)c3)nc(-c3ccccc3)n2)cc1.c1ccc(-c2ccc(-c3cc(-c4cccc(-c5ccccc5C5(c6ccccc6)c6ccccc6Oc6ccccc65)c4)nc(-c4ccccc4)n3)cc2)cc1. The van der Waals surface area contributed by atoms with Gasteiger partial charge in [-0.15, -0.1) is 0 Å². The van der Waals surface area contributed by atoms with Crippen LogP contribution in [0.3, 0.4) is 0 Å². The first-order valence-corrected chi connectivity index (χ1v) is 35.9. The Morgan fingerprint density at radius 3 is 0.783 bits per heavy atom. The molecule has 2 aromatic heterocycles. The maximum Gasteiger partial charge on any atom is 0.160 e. The fraction of sp³-hybridized carbons (Fsp3) is 0.0200. The summed E-state index contributed by atoms with van der Waals surface area (Å²) in [5.74, 6) is 4.83. The first-order chi connectivity index (χ1) is 52.5. The predicted molar refractivity (Wildman–Crippen MR) is 430 cm³/mol. The van der Waals surface area contributed by atoms with Crippen molar-refractivity contribution in [3.8, 4) is 124 Å². The zero-order valence-electron chi connectivity index (χ0n) is 57.9. The highest BCUT2D eigenvalue weighted by Crippen LogP contribution is 2.59. The van der Waals surface area contributed by atoms with Gasteiger partial charge in [0.1, 0.15) is 23.0 Å². The maximum absolute atomic E-state index is 6.61. The Balaban J connectivity index is 0.000000151. The fourth-order valence-corrected chi connectivity index (χ4v) is 15.7. The molecule has 6 heteroatoms. The molecule has 0 saturated heterocycles. The molecule has 0 radical (unpaired) electrons. The van der Waals surface area contributed by atoms with Crippen LogP contribution in [0.4, 0.5) is 0 Å². The predicted octanol–water partition coefficient (Wildman–Crippen LogP) is 24.9. The first kappa shape index (κ1) is 64.2. The second-order valence-corrected chi connectivity index (χ2v) is 26.6. The van der Waals surface area contributed by atoms with Gasteiger partial charge >= 0.3 is 0 Å². The normalized spacial score (nSPS) is 12.6. The molecule has 0 N–H and O–H groups in total. The Labute approximate surface area is 617 Å². The highest BCUT2D eigenvalue weighted by Gasteiger charge is 2.48. The van der Waals surface area contributed by atoms with E-state index < -0.39 is 10.8 Å². The number of hydrogen-bond acceptors (Lipinski definition) is 6. The van der Waals surface area contributed by atoms with Crippen molar-refractivity contribution >= 4 is 0 Å². The van der Waals surface area contributed by atoms with Crippen molar-refractivity contribution in [1.29, 1.82) is 0 Å². The lowest BCUT2D eigenvalue weighted by Gasteiger charge is -2.42. The molecule has 0 spiro atoms. The average molecular weight is 1360 g/mol. The molecule has 4 heterocycles. The van der Waals surface area contributed by atoms with Crippen molar-refractivity contribution in [2.24, 2.45) is 0 Å². The molecule has 2 aliphatic rings. The van der Waals surface area contributed by atoms with E-state index in [2.05, 4.69) is 340 Å². The zero-order valence-corrected chi connectivity index (χ0v) is 57.9. The smallest absolute Gasteiger partial charge is 0.160 e. The van der Waals surface area contributed by atoms with Crippen molar-refractivity contribution < 1.29 is 9.47 Å². The molecule has 19 rings (SSSR count). The Bertz CT molecular complexity index is 5860. The molecule has 0 saturated carbocycles. The first-order valence-electron chi connectivity index (χ1n) is 35.9. The van der Waals surface area contributed by atoms with Gasteiger partial charge in [-0.25, -0.2) is 19.9 Å². The third kappa shape index (κ3) is 11.8. The highest BCUT2D eigenvalue weighted by atomic mass is 16.5. The van der Waals surface area contributed by atoms with Gasteiger partial charge in [0, 0.05) is 55.6 Å². The molecular formula is C100H68N4O2. The number of fused-ring (bicyclic) bond motifs is 4. The van der Waals surface area contributed by atoms with Crippen molar-refractivity contribution in [2.45, 2.75) is 10.8 Å². The van der Waals surface area contributed by atoms with Crippen LogP contribution in [0.1, 0.15) is 44.5 Å². The summed E-state index contributed by atoms with van der Waals surface area (Å²) < 4.78 is 13.2. The van der Waals surface area contributed by atoms with E-state index in [0.717, 1.165) is 124 Å². The van der Waals surface area contributed by atoms with Crippen LogP contribution in [0.5, 0.6) is 23.0 Å². The van der Waals surface area contributed by atoms with E-state index in [0.29, 0.717) is 11.6 Å². The number of nitrogens with zero attached hydrogens (tertiary/aromatic N) is 4.